The maximum absolute atomic E-state index is 12.3. The summed E-state index contributed by atoms with van der Waals surface area (Å²) in [4.78, 5) is 0. The molecule has 1 N–H and O–H groups in total. The second kappa shape index (κ2) is 5.47. The lowest BCUT2D eigenvalue weighted by Crippen LogP contribution is -2.38. The zero-order valence-electron chi connectivity index (χ0n) is 9.78. The van der Waals surface area contributed by atoms with Gasteiger partial charge in [0.1, 0.15) is 18.5 Å². The van der Waals surface area contributed by atoms with E-state index in [1.165, 1.54) is 6.07 Å². The molecule has 2 atom stereocenters. The highest BCUT2D eigenvalue weighted by Crippen LogP contribution is 2.25. The van der Waals surface area contributed by atoms with Gasteiger partial charge in [0.05, 0.1) is 11.6 Å². The number of alkyl halides is 3. The van der Waals surface area contributed by atoms with E-state index < -0.39 is 18.5 Å². The van der Waals surface area contributed by atoms with Crippen molar-refractivity contribution in [2.45, 2.75) is 18.5 Å². The molecule has 7 heteroatoms. The Labute approximate surface area is 107 Å². The second-order valence-electron chi connectivity index (χ2n) is 4.04. The number of hydrogen-bond acceptors (Lipinski definition) is 4. The van der Waals surface area contributed by atoms with Gasteiger partial charge in [-0.3, -0.25) is 5.32 Å². The second-order valence-corrected chi connectivity index (χ2v) is 4.04. The normalized spacial score (nSPS) is 23.1. The summed E-state index contributed by atoms with van der Waals surface area (Å²) in [5.74, 6) is 0.429. The van der Waals surface area contributed by atoms with Crippen LogP contribution in [0.4, 0.5) is 13.2 Å². The number of nitrogens with zero attached hydrogens (tertiary/aromatic N) is 1. The predicted octanol–water partition coefficient (Wildman–Crippen LogP) is 1.81. The number of hydrogen-bond donors (Lipinski definition) is 1. The molecule has 102 valence electrons. The van der Waals surface area contributed by atoms with Crippen LogP contribution in [-0.2, 0) is 4.74 Å². The lowest BCUT2D eigenvalue weighted by atomic mass is 10.2. The average Bonchev–Trinajstić information content (AvgIpc) is 2.85. The standard InChI is InChI=1S/C12H11F3N2O2/c13-12(14,15)11-17-6-10(19-11)7-18-9-3-1-2-8(4-9)5-16/h1-4,10-11,17H,6-7H2. The molecular formula is C12H11F3N2O2. The molecular weight excluding hydrogens is 261 g/mol. The Balaban J connectivity index is 1.85. The van der Waals surface area contributed by atoms with Crippen molar-refractivity contribution in [1.29, 1.82) is 5.26 Å². The minimum atomic E-state index is -4.42. The van der Waals surface area contributed by atoms with Gasteiger partial charge in [-0.2, -0.15) is 18.4 Å². The van der Waals surface area contributed by atoms with Gasteiger partial charge in [-0.15, -0.1) is 0 Å². The third kappa shape index (κ3) is 3.59. The Bertz CT molecular complexity index is 485. The fraction of sp³-hybridized carbons (Fsp3) is 0.417. The smallest absolute Gasteiger partial charge is 0.428 e. The highest BCUT2D eigenvalue weighted by molar-refractivity contribution is 5.36. The van der Waals surface area contributed by atoms with E-state index >= 15 is 0 Å². The van der Waals surface area contributed by atoms with Gasteiger partial charge in [0, 0.05) is 6.54 Å². The number of benzene rings is 1. The van der Waals surface area contributed by atoms with E-state index in [0.29, 0.717) is 11.3 Å². The van der Waals surface area contributed by atoms with E-state index in [1.807, 2.05) is 6.07 Å². The Morgan fingerprint density at radius 2 is 2.26 bits per heavy atom. The predicted molar refractivity (Wildman–Crippen MR) is 59.4 cm³/mol. The molecule has 1 saturated heterocycles. The first-order valence-corrected chi connectivity index (χ1v) is 5.57. The van der Waals surface area contributed by atoms with Gasteiger partial charge in [-0.05, 0) is 18.2 Å². The fourth-order valence-corrected chi connectivity index (χ4v) is 1.66. The Hall–Kier alpha value is -1.78. The molecule has 0 bridgehead atoms. The third-order valence-electron chi connectivity index (χ3n) is 2.56. The molecule has 0 saturated carbocycles. The van der Waals surface area contributed by atoms with Gasteiger partial charge in [-0.25, -0.2) is 0 Å². The first-order chi connectivity index (χ1) is 8.99. The zero-order chi connectivity index (χ0) is 13.9. The van der Waals surface area contributed by atoms with Crippen molar-refractivity contribution in [3.63, 3.8) is 0 Å². The lowest BCUT2D eigenvalue weighted by molar-refractivity contribution is -0.221. The van der Waals surface area contributed by atoms with Crippen LogP contribution in [0.2, 0.25) is 0 Å². The molecule has 2 rings (SSSR count). The van der Waals surface area contributed by atoms with Crippen LogP contribution < -0.4 is 10.1 Å². The summed E-state index contributed by atoms with van der Waals surface area (Å²) < 4.78 is 47.1. The van der Waals surface area contributed by atoms with E-state index in [0.717, 1.165) is 0 Å². The van der Waals surface area contributed by atoms with E-state index in [2.05, 4.69) is 5.32 Å². The van der Waals surface area contributed by atoms with E-state index in [4.69, 9.17) is 14.7 Å². The average molecular weight is 272 g/mol. The molecule has 0 radical (unpaired) electrons. The van der Waals surface area contributed by atoms with Crippen LogP contribution in [0, 0.1) is 11.3 Å². The van der Waals surface area contributed by atoms with Crippen LogP contribution in [0.15, 0.2) is 24.3 Å². The van der Waals surface area contributed by atoms with E-state index in [1.54, 1.807) is 18.2 Å². The molecule has 0 amide bonds. The minimum Gasteiger partial charge on any atom is -0.491 e. The molecule has 19 heavy (non-hydrogen) atoms. The monoisotopic (exact) mass is 272 g/mol. The summed E-state index contributed by atoms with van der Waals surface area (Å²) in [6.07, 6.45) is -7.03. The largest absolute Gasteiger partial charge is 0.491 e. The van der Waals surface area contributed by atoms with Crippen molar-refractivity contribution in [3.05, 3.63) is 29.8 Å². The summed E-state index contributed by atoms with van der Waals surface area (Å²) in [6.45, 7) is 0.0661. The topological polar surface area (TPSA) is 54.3 Å². The zero-order valence-corrected chi connectivity index (χ0v) is 9.78. The Morgan fingerprint density at radius 3 is 2.89 bits per heavy atom. The van der Waals surface area contributed by atoms with Crippen molar-refractivity contribution in [3.8, 4) is 11.8 Å². The van der Waals surface area contributed by atoms with Crippen molar-refractivity contribution in [2.24, 2.45) is 0 Å². The molecule has 0 spiro atoms. The Kier molecular flexibility index (Phi) is 3.93. The molecule has 2 unspecified atom stereocenters. The maximum atomic E-state index is 12.3. The van der Waals surface area contributed by atoms with Crippen LogP contribution in [0.1, 0.15) is 5.56 Å². The van der Waals surface area contributed by atoms with Gasteiger partial charge in [0.25, 0.3) is 0 Å². The van der Waals surface area contributed by atoms with Gasteiger partial charge in [-0.1, -0.05) is 6.07 Å². The number of rotatable bonds is 3. The fourth-order valence-electron chi connectivity index (χ4n) is 1.66. The van der Waals surface area contributed by atoms with Crippen molar-refractivity contribution >= 4 is 0 Å². The minimum absolute atomic E-state index is 0.00549. The molecule has 0 aliphatic carbocycles. The molecule has 1 heterocycles. The van der Waals surface area contributed by atoms with E-state index in [9.17, 15) is 13.2 Å². The van der Waals surface area contributed by atoms with E-state index in [-0.39, 0.29) is 13.2 Å². The van der Waals surface area contributed by atoms with Crippen molar-refractivity contribution < 1.29 is 22.6 Å². The summed E-state index contributed by atoms with van der Waals surface area (Å²) in [6, 6.07) is 8.35. The maximum Gasteiger partial charge on any atom is 0.428 e. The number of nitriles is 1. The Morgan fingerprint density at radius 1 is 1.47 bits per heavy atom. The molecule has 4 nitrogen and oxygen atoms in total. The SMILES string of the molecule is N#Cc1cccc(OCC2CNC(C(F)(F)F)O2)c1. The summed E-state index contributed by atoms with van der Waals surface area (Å²) in [7, 11) is 0. The quantitative estimate of drug-likeness (QED) is 0.911. The first kappa shape index (κ1) is 13.6. The third-order valence-corrected chi connectivity index (χ3v) is 2.56. The number of halogens is 3. The van der Waals surface area contributed by atoms with Gasteiger partial charge >= 0.3 is 6.18 Å². The highest BCUT2D eigenvalue weighted by Gasteiger charge is 2.45. The van der Waals surface area contributed by atoms with Crippen molar-refractivity contribution in [1.82, 2.24) is 5.32 Å². The molecule has 1 aliphatic rings. The van der Waals surface area contributed by atoms with Gasteiger partial charge in [0.2, 0.25) is 6.23 Å². The molecule has 1 aromatic rings. The number of nitrogens with one attached hydrogen (secondary N) is 1. The van der Waals surface area contributed by atoms with Gasteiger partial charge in [0.15, 0.2) is 0 Å². The molecule has 1 aliphatic heterocycles. The van der Waals surface area contributed by atoms with Crippen LogP contribution in [0.3, 0.4) is 0 Å². The first-order valence-electron chi connectivity index (χ1n) is 5.57. The number of ether oxygens (including phenoxy) is 2. The molecule has 0 aromatic heterocycles. The summed E-state index contributed by atoms with van der Waals surface area (Å²) >= 11 is 0. The van der Waals surface area contributed by atoms with Crippen LogP contribution in [0.5, 0.6) is 5.75 Å². The highest BCUT2D eigenvalue weighted by atomic mass is 19.4. The summed E-state index contributed by atoms with van der Waals surface area (Å²) in [5.41, 5.74) is 0.427. The van der Waals surface area contributed by atoms with Crippen LogP contribution >= 0.6 is 0 Å². The summed E-state index contributed by atoms with van der Waals surface area (Å²) in [5, 5.41) is 10.9. The lowest BCUT2D eigenvalue weighted by Gasteiger charge is -2.15. The molecule has 1 fully saturated rings. The van der Waals surface area contributed by atoms with Crippen LogP contribution in [0.25, 0.3) is 0 Å². The van der Waals surface area contributed by atoms with Gasteiger partial charge < -0.3 is 9.47 Å². The van der Waals surface area contributed by atoms with Crippen LogP contribution in [-0.4, -0.2) is 31.7 Å². The molecule has 1 aromatic carbocycles. The van der Waals surface area contributed by atoms with Crippen molar-refractivity contribution in [2.75, 3.05) is 13.2 Å².